The van der Waals surface area contributed by atoms with E-state index in [2.05, 4.69) is 0 Å². The second-order valence-corrected chi connectivity index (χ2v) is 7.16. The molecule has 1 aliphatic heterocycles. The molecule has 128 valence electrons. The van der Waals surface area contributed by atoms with E-state index in [4.69, 9.17) is 14.2 Å². The number of carbonyl (C=O) groups excluding carboxylic acids is 1. The minimum atomic E-state index is -3.63. The highest BCUT2D eigenvalue weighted by atomic mass is 32.2. The number of methoxy groups -OCH3 is 3. The fourth-order valence-electron chi connectivity index (χ4n) is 2.62. The molecule has 0 spiro atoms. The van der Waals surface area contributed by atoms with Gasteiger partial charge in [0.05, 0.1) is 32.1 Å². The zero-order chi connectivity index (χ0) is 17.0. The van der Waals surface area contributed by atoms with Crippen LogP contribution in [0.5, 0.6) is 11.5 Å². The Bertz CT molecular complexity index is 665. The quantitative estimate of drug-likeness (QED) is 0.749. The van der Waals surface area contributed by atoms with E-state index in [0.29, 0.717) is 24.3 Å². The van der Waals surface area contributed by atoms with Crippen molar-refractivity contribution in [1.82, 2.24) is 4.31 Å². The predicted molar refractivity (Wildman–Crippen MR) is 83.0 cm³/mol. The second kappa shape index (κ2) is 7.18. The third-order valence-corrected chi connectivity index (χ3v) is 5.88. The molecule has 0 aromatic heterocycles. The normalized spacial score (nSPS) is 16.8. The molecule has 0 N–H and O–H groups in total. The molecule has 8 heteroatoms. The number of sulfonamides is 1. The van der Waals surface area contributed by atoms with Crippen molar-refractivity contribution in [3.05, 3.63) is 18.2 Å². The van der Waals surface area contributed by atoms with Gasteiger partial charge in [-0.3, -0.25) is 4.79 Å². The molecule has 23 heavy (non-hydrogen) atoms. The third kappa shape index (κ3) is 3.59. The van der Waals surface area contributed by atoms with Crippen LogP contribution in [0, 0.1) is 5.92 Å². The van der Waals surface area contributed by atoms with Crippen LogP contribution >= 0.6 is 0 Å². The zero-order valence-corrected chi connectivity index (χ0v) is 14.3. The van der Waals surface area contributed by atoms with Gasteiger partial charge in [-0.05, 0) is 25.0 Å². The van der Waals surface area contributed by atoms with Crippen molar-refractivity contribution in [2.24, 2.45) is 5.92 Å². The van der Waals surface area contributed by atoms with E-state index < -0.39 is 10.0 Å². The maximum atomic E-state index is 12.7. The highest BCUT2D eigenvalue weighted by Crippen LogP contribution is 2.32. The summed E-state index contributed by atoms with van der Waals surface area (Å²) in [4.78, 5) is 11.7. The number of hydrogen-bond donors (Lipinski definition) is 0. The van der Waals surface area contributed by atoms with Gasteiger partial charge in [0.2, 0.25) is 10.0 Å². The maximum Gasteiger partial charge on any atom is 0.308 e. The summed E-state index contributed by atoms with van der Waals surface area (Å²) < 4.78 is 41.8. The summed E-state index contributed by atoms with van der Waals surface area (Å²) in [7, 11) is 0.657. The van der Waals surface area contributed by atoms with Crippen LogP contribution in [-0.4, -0.2) is 53.1 Å². The van der Waals surface area contributed by atoms with Gasteiger partial charge < -0.3 is 14.2 Å². The van der Waals surface area contributed by atoms with Gasteiger partial charge in [0.15, 0.2) is 11.5 Å². The first kappa shape index (κ1) is 17.6. The monoisotopic (exact) mass is 343 g/mol. The number of rotatable bonds is 5. The Kier molecular flexibility index (Phi) is 5.48. The number of piperidine rings is 1. The Labute approximate surface area is 136 Å². The lowest BCUT2D eigenvalue weighted by atomic mass is 9.99. The number of carbonyl (C=O) groups is 1. The molecule has 1 heterocycles. The lowest BCUT2D eigenvalue weighted by molar-refractivity contribution is -0.146. The van der Waals surface area contributed by atoms with Gasteiger partial charge in [-0.1, -0.05) is 0 Å². The number of ether oxygens (including phenoxy) is 3. The molecule has 7 nitrogen and oxygen atoms in total. The van der Waals surface area contributed by atoms with Crippen molar-refractivity contribution >= 4 is 16.0 Å². The molecule has 0 amide bonds. The highest BCUT2D eigenvalue weighted by molar-refractivity contribution is 7.89. The predicted octanol–water partition coefficient (Wildman–Crippen LogP) is 1.28. The smallest absolute Gasteiger partial charge is 0.308 e. The van der Waals surface area contributed by atoms with Gasteiger partial charge in [-0.25, -0.2) is 8.42 Å². The summed E-state index contributed by atoms with van der Waals surface area (Å²) in [6.07, 6.45) is 0.915. The summed E-state index contributed by atoms with van der Waals surface area (Å²) >= 11 is 0. The standard InChI is InChI=1S/C15H21NO6S/c1-20-13-5-4-12(10-14(13)21-2)23(18,19)16-8-6-11(7-9-16)15(17)22-3/h4-5,10-11H,6-9H2,1-3H3. The molecular weight excluding hydrogens is 322 g/mol. The van der Waals surface area contributed by atoms with Crippen LogP contribution in [0.4, 0.5) is 0 Å². The van der Waals surface area contributed by atoms with Crippen LogP contribution in [-0.2, 0) is 19.6 Å². The average Bonchev–Trinajstić information content (AvgIpc) is 2.60. The fourth-order valence-corrected chi connectivity index (χ4v) is 4.11. The molecule has 1 aromatic carbocycles. The SMILES string of the molecule is COC(=O)C1CCN(S(=O)(=O)c2ccc(OC)c(OC)c2)CC1. The summed E-state index contributed by atoms with van der Waals surface area (Å²) in [5.41, 5.74) is 0. The second-order valence-electron chi connectivity index (χ2n) is 5.22. The van der Waals surface area contributed by atoms with Gasteiger partial charge in [0, 0.05) is 19.2 Å². The Hall–Kier alpha value is -1.80. The zero-order valence-electron chi connectivity index (χ0n) is 13.4. The molecule has 1 fully saturated rings. The van der Waals surface area contributed by atoms with E-state index in [9.17, 15) is 13.2 Å². The van der Waals surface area contributed by atoms with Crippen LogP contribution in [0.2, 0.25) is 0 Å². The van der Waals surface area contributed by atoms with Gasteiger partial charge in [0.1, 0.15) is 0 Å². The molecule has 0 aliphatic carbocycles. The van der Waals surface area contributed by atoms with Crippen molar-refractivity contribution in [2.75, 3.05) is 34.4 Å². The number of hydrogen-bond acceptors (Lipinski definition) is 6. The molecule has 0 saturated carbocycles. The van der Waals surface area contributed by atoms with Crippen molar-refractivity contribution in [3.63, 3.8) is 0 Å². The number of nitrogens with zero attached hydrogens (tertiary/aromatic N) is 1. The summed E-state index contributed by atoms with van der Waals surface area (Å²) in [6, 6.07) is 4.50. The first-order chi connectivity index (χ1) is 10.9. The van der Waals surface area contributed by atoms with Crippen LogP contribution in [0.1, 0.15) is 12.8 Å². The Balaban J connectivity index is 2.18. The Morgan fingerprint density at radius 2 is 1.70 bits per heavy atom. The Morgan fingerprint density at radius 1 is 1.09 bits per heavy atom. The van der Waals surface area contributed by atoms with E-state index in [1.807, 2.05) is 0 Å². The van der Waals surface area contributed by atoms with E-state index in [-0.39, 0.29) is 29.9 Å². The lowest BCUT2D eigenvalue weighted by Crippen LogP contribution is -2.40. The molecule has 1 aliphatic rings. The van der Waals surface area contributed by atoms with Gasteiger partial charge in [-0.2, -0.15) is 4.31 Å². The summed E-state index contributed by atoms with van der Waals surface area (Å²) in [5.74, 6) is 0.305. The van der Waals surface area contributed by atoms with E-state index in [1.165, 1.54) is 37.8 Å². The number of benzene rings is 1. The minimum absolute atomic E-state index is 0.145. The number of esters is 1. The largest absolute Gasteiger partial charge is 0.493 e. The topological polar surface area (TPSA) is 82.1 Å². The van der Waals surface area contributed by atoms with Crippen LogP contribution in [0.25, 0.3) is 0 Å². The van der Waals surface area contributed by atoms with Crippen molar-refractivity contribution in [2.45, 2.75) is 17.7 Å². The van der Waals surface area contributed by atoms with Gasteiger partial charge in [-0.15, -0.1) is 0 Å². The molecule has 1 saturated heterocycles. The first-order valence-electron chi connectivity index (χ1n) is 7.24. The lowest BCUT2D eigenvalue weighted by Gasteiger charge is -2.30. The van der Waals surface area contributed by atoms with Crippen molar-refractivity contribution in [3.8, 4) is 11.5 Å². The third-order valence-electron chi connectivity index (χ3n) is 3.98. The van der Waals surface area contributed by atoms with Crippen LogP contribution < -0.4 is 9.47 Å². The van der Waals surface area contributed by atoms with Crippen LogP contribution in [0.15, 0.2) is 23.1 Å². The molecule has 1 aromatic rings. The summed E-state index contributed by atoms with van der Waals surface area (Å²) in [6.45, 7) is 0.576. The van der Waals surface area contributed by atoms with E-state index in [1.54, 1.807) is 6.07 Å². The summed E-state index contributed by atoms with van der Waals surface area (Å²) in [5, 5.41) is 0. The maximum absolute atomic E-state index is 12.7. The average molecular weight is 343 g/mol. The van der Waals surface area contributed by atoms with Crippen LogP contribution in [0.3, 0.4) is 0 Å². The molecule has 0 atom stereocenters. The van der Waals surface area contributed by atoms with E-state index >= 15 is 0 Å². The van der Waals surface area contributed by atoms with E-state index in [0.717, 1.165) is 0 Å². The van der Waals surface area contributed by atoms with Crippen molar-refractivity contribution in [1.29, 1.82) is 0 Å². The molecule has 0 unspecified atom stereocenters. The Morgan fingerprint density at radius 3 is 2.22 bits per heavy atom. The van der Waals surface area contributed by atoms with Gasteiger partial charge in [0.25, 0.3) is 0 Å². The molecule has 2 rings (SSSR count). The molecule has 0 bridgehead atoms. The van der Waals surface area contributed by atoms with Crippen molar-refractivity contribution < 1.29 is 27.4 Å². The minimum Gasteiger partial charge on any atom is -0.493 e. The first-order valence-corrected chi connectivity index (χ1v) is 8.68. The molecule has 0 radical (unpaired) electrons. The van der Waals surface area contributed by atoms with Gasteiger partial charge >= 0.3 is 5.97 Å². The molecular formula is C15H21NO6S. The highest BCUT2D eigenvalue weighted by Gasteiger charge is 2.32. The fraction of sp³-hybridized carbons (Fsp3) is 0.533.